The van der Waals surface area contributed by atoms with E-state index in [1.807, 2.05) is 30.3 Å². The molecule has 9 heteroatoms. The summed E-state index contributed by atoms with van der Waals surface area (Å²) < 4.78 is 33.2. The maximum atomic E-state index is 13.1. The standard InChI is InChI=1S/C25H25N3O5S/c1-19(29)27-14-16-28(17-15-27)34(31,32)24-9-5-6-20(18-24)25(30)26-21-10-12-23(13-11-21)33-22-7-3-2-4-8-22/h2-13,18H,14-17H2,1H3,(H,26,30). The molecule has 176 valence electrons. The molecule has 1 N–H and O–H groups in total. The predicted molar refractivity (Wildman–Crippen MR) is 128 cm³/mol. The summed E-state index contributed by atoms with van der Waals surface area (Å²) in [5, 5.41) is 2.78. The van der Waals surface area contributed by atoms with Gasteiger partial charge in [-0.1, -0.05) is 24.3 Å². The Labute approximate surface area is 198 Å². The first-order chi connectivity index (χ1) is 16.3. The van der Waals surface area contributed by atoms with E-state index in [1.165, 1.54) is 23.4 Å². The topological polar surface area (TPSA) is 96.0 Å². The molecule has 3 aromatic rings. The molecule has 0 aromatic heterocycles. The van der Waals surface area contributed by atoms with E-state index in [0.29, 0.717) is 30.3 Å². The lowest BCUT2D eigenvalue weighted by Crippen LogP contribution is -2.49. The Morgan fingerprint density at radius 2 is 1.47 bits per heavy atom. The highest BCUT2D eigenvalue weighted by atomic mass is 32.2. The molecule has 1 aliphatic heterocycles. The van der Waals surface area contributed by atoms with Crippen LogP contribution in [0.5, 0.6) is 11.5 Å². The summed E-state index contributed by atoms with van der Waals surface area (Å²) in [6, 6.07) is 22.2. The second kappa shape index (κ2) is 10.1. The Morgan fingerprint density at radius 1 is 0.824 bits per heavy atom. The fourth-order valence-electron chi connectivity index (χ4n) is 3.62. The normalized spacial score (nSPS) is 14.4. The van der Waals surface area contributed by atoms with Gasteiger partial charge in [-0.3, -0.25) is 9.59 Å². The molecule has 1 heterocycles. The van der Waals surface area contributed by atoms with Crippen LogP contribution in [0.4, 0.5) is 5.69 Å². The summed E-state index contributed by atoms with van der Waals surface area (Å²) in [5.74, 6) is 0.840. The van der Waals surface area contributed by atoms with Crippen LogP contribution in [-0.4, -0.2) is 55.6 Å². The van der Waals surface area contributed by atoms with Gasteiger partial charge in [-0.25, -0.2) is 8.42 Å². The number of nitrogens with zero attached hydrogens (tertiary/aromatic N) is 2. The monoisotopic (exact) mass is 479 g/mol. The summed E-state index contributed by atoms with van der Waals surface area (Å²) in [6.07, 6.45) is 0. The minimum absolute atomic E-state index is 0.0445. The molecule has 1 saturated heterocycles. The van der Waals surface area contributed by atoms with Crippen molar-refractivity contribution in [3.8, 4) is 11.5 Å². The zero-order valence-corrected chi connectivity index (χ0v) is 19.5. The van der Waals surface area contributed by atoms with E-state index in [0.717, 1.165) is 0 Å². The molecule has 0 radical (unpaired) electrons. The number of anilines is 1. The van der Waals surface area contributed by atoms with Gasteiger partial charge in [0.1, 0.15) is 11.5 Å². The highest BCUT2D eigenvalue weighted by molar-refractivity contribution is 7.89. The first kappa shape index (κ1) is 23.5. The molecule has 0 aliphatic carbocycles. The minimum Gasteiger partial charge on any atom is -0.457 e. The van der Waals surface area contributed by atoms with Crippen LogP contribution in [-0.2, 0) is 14.8 Å². The van der Waals surface area contributed by atoms with Crippen molar-refractivity contribution < 1.29 is 22.7 Å². The molecule has 2 amide bonds. The maximum absolute atomic E-state index is 13.1. The smallest absolute Gasteiger partial charge is 0.255 e. The van der Waals surface area contributed by atoms with Gasteiger partial charge in [-0.15, -0.1) is 0 Å². The Bertz CT molecular complexity index is 1270. The van der Waals surface area contributed by atoms with Crippen molar-refractivity contribution in [1.29, 1.82) is 0 Å². The van der Waals surface area contributed by atoms with Crippen LogP contribution in [0.2, 0.25) is 0 Å². The van der Waals surface area contributed by atoms with E-state index in [4.69, 9.17) is 4.74 Å². The SMILES string of the molecule is CC(=O)N1CCN(S(=O)(=O)c2cccc(C(=O)Nc3ccc(Oc4ccccc4)cc3)c2)CC1. The van der Waals surface area contributed by atoms with Gasteiger partial charge in [-0.05, 0) is 54.6 Å². The first-order valence-corrected chi connectivity index (χ1v) is 12.3. The molecule has 3 aromatic carbocycles. The van der Waals surface area contributed by atoms with E-state index in [1.54, 1.807) is 41.3 Å². The van der Waals surface area contributed by atoms with Crippen molar-refractivity contribution in [2.75, 3.05) is 31.5 Å². The number of nitrogens with one attached hydrogen (secondary N) is 1. The minimum atomic E-state index is -3.78. The average molecular weight is 480 g/mol. The lowest BCUT2D eigenvalue weighted by molar-refractivity contribution is -0.129. The Balaban J connectivity index is 1.42. The van der Waals surface area contributed by atoms with Crippen LogP contribution in [0.1, 0.15) is 17.3 Å². The van der Waals surface area contributed by atoms with Crippen LogP contribution < -0.4 is 10.1 Å². The molecular weight excluding hydrogens is 454 g/mol. The van der Waals surface area contributed by atoms with Crippen molar-refractivity contribution in [3.63, 3.8) is 0 Å². The molecule has 1 aliphatic rings. The lowest BCUT2D eigenvalue weighted by Gasteiger charge is -2.33. The van der Waals surface area contributed by atoms with E-state index in [9.17, 15) is 18.0 Å². The van der Waals surface area contributed by atoms with Crippen LogP contribution in [0.15, 0.2) is 83.8 Å². The Morgan fingerprint density at radius 3 is 2.12 bits per heavy atom. The molecule has 0 spiro atoms. The lowest BCUT2D eigenvalue weighted by atomic mass is 10.2. The third-order valence-electron chi connectivity index (χ3n) is 5.51. The number of benzene rings is 3. The van der Waals surface area contributed by atoms with Crippen molar-refractivity contribution >= 4 is 27.5 Å². The molecule has 0 atom stereocenters. The number of carbonyl (C=O) groups excluding carboxylic acids is 2. The van der Waals surface area contributed by atoms with Crippen molar-refractivity contribution in [1.82, 2.24) is 9.21 Å². The van der Waals surface area contributed by atoms with Crippen molar-refractivity contribution in [2.24, 2.45) is 0 Å². The predicted octanol–water partition coefficient (Wildman–Crippen LogP) is 3.58. The van der Waals surface area contributed by atoms with Gasteiger partial charge in [0, 0.05) is 44.4 Å². The molecular formula is C25H25N3O5S. The number of hydrogen-bond acceptors (Lipinski definition) is 5. The summed E-state index contributed by atoms with van der Waals surface area (Å²) >= 11 is 0. The Kier molecular flexibility index (Phi) is 6.95. The van der Waals surface area contributed by atoms with E-state index in [2.05, 4.69) is 5.32 Å². The average Bonchev–Trinajstić information content (AvgIpc) is 2.86. The summed E-state index contributed by atoms with van der Waals surface area (Å²) in [4.78, 5) is 25.9. The molecule has 34 heavy (non-hydrogen) atoms. The van der Waals surface area contributed by atoms with Crippen LogP contribution in [0, 0.1) is 0 Å². The maximum Gasteiger partial charge on any atom is 0.255 e. The number of sulfonamides is 1. The quantitative estimate of drug-likeness (QED) is 0.583. The second-order valence-corrected chi connectivity index (χ2v) is 9.77. The van der Waals surface area contributed by atoms with Gasteiger partial charge in [0.05, 0.1) is 4.90 Å². The van der Waals surface area contributed by atoms with Crippen molar-refractivity contribution in [2.45, 2.75) is 11.8 Å². The van der Waals surface area contributed by atoms with Gasteiger partial charge < -0.3 is 15.0 Å². The van der Waals surface area contributed by atoms with E-state index >= 15 is 0 Å². The molecule has 4 rings (SSSR count). The van der Waals surface area contributed by atoms with Gasteiger partial charge in [0.15, 0.2) is 0 Å². The van der Waals surface area contributed by atoms with Crippen LogP contribution >= 0.6 is 0 Å². The molecule has 0 saturated carbocycles. The fourth-order valence-corrected chi connectivity index (χ4v) is 5.09. The zero-order valence-electron chi connectivity index (χ0n) is 18.7. The molecule has 8 nitrogen and oxygen atoms in total. The number of rotatable bonds is 6. The third kappa shape index (κ3) is 5.44. The third-order valence-corrected chi connectivity index (χ3v) is 7.40. The second-order valence-electron chi connectivity index (χ2n) is 7.83. The highest BCUT2D eigenvalue weighted by Crippen LogP contribution is 2.24. The number of carbonyl (C=O) groups is 2. The number of piperazine rings is 1. The number of para-hydroxylation sites is 1. The largest absolute Gasteiger partial charge is 0.457 e. The van der Waals surface area contributed by atoms with Gasteiger partial charge in [0.25, 0.3) is 5.91 Å². The van der Waals surface area contributed by atoms with E-state index in [-0.39, 0.29) is 29.5 Å². The summed E-state index contributed by atoms with van der Waals surface area (Å²) in [5.41, 5.74) is 0.784. The van der Waals surface area contributed by atoms with E-state index < -0.39 is 15.9 Å². The number of amides is 2. The van der Waals surface area contributed by atoms with Gasteiger partial charge >= 0.3 is 0 Å². The van der Waals surface area contributed by atoms with Crippen molar-refractivity contribution in [3.05, 3.63) is 84.4 Å². The number of hydrogen-bond donors (Lipinski definition) is 1. The fraction of sp³-hybridized carbons (Fsp3) is 0.200. The molecule has 1 fully saturated rings. The highest BCUT2D eigenvalue weighted by Gasteiger charge is 2.29. The number of ether oxygens (including phenoxy) is 1. The summed E-state index contributed by atoms with van der Waals surface area (Å²) in [7, 11) is -3.78. The van der Waals surface area contributed by atoms with Gasteiger partial charge in [-0.2, -0.15) is 4.31 Å². The van der Waals surface area contributed by atoms with Crippen LogP contribution in [0.25, 0.3) is 0 Å². The Hall–Kier alpha value is -3.69. The summed E-state index contributed by atoms with van der Waals surface area (Å²) in [6.45, 7) is 2.60. The molecule has 0 unspecified atom stereocenters. The zero-order chi connectivity index (χ0) is 24.1. The van der Waals surface area contributed by atoms with Gasteiger partial charge in [0.2, 0.25) is 15.9 Å². The molecule has 0 bridgehead atoms. The first-order valence-electron chi connectivity index (χ1n) is 10.8. The van der Waals surface area contributed by atoms with Crippen LogP contribution in [0.3, 0.4) is 0 Å².